The fraction of sp³-hybridized carbons (Fsp3) is 0.0625. The largest absolute Gasteiger partial charge is 0.477 e. The zero-order chi connectivity index (χ0) is 17.5. The number of rotatable bonds is 4. The molecule has 0 radical (unpaired) electrons. The highest BCUT2D eigenvalue weighted by Crippen LogP contribution is 2.40. The van der Waals surface area contributed by atoms with Crippen molar-refractivity contribution < 1.29 is 18.3 Å². The summed E-state index contributed by atoms with van der Waals surface area (Å²) in [5.41, 5.74) is 0.449. The predicted molar refractivity (Wildman–Crippen MR) is 93.9 cm³/mol. The van der Waals surface area contributed by atoms with Crippen molar-refractivity contribution in [1.82, 2.24) is 4.98 Å². The molecule has 0 amide bonds. The average molecular weight is 382 g/mol. The Kier molecular flexibility index (Phi) is 4.33. The number of halogens is 1. The van der Waals surface area contributed by atoms with Crippen LogP contribution in [0.15, 0.2) is 57.2 Å². The molecule has 3 aromatic rings. The van der Waals surface area contributed by atoms with E-state index >= 15 is 0 Å². The van der Waals surface area contributed by atoms with Crippen molar-refractivity contribution in [3.8, 4) is 0 Å². The maximum Gasteiger partial charge on any atom is 0.353 e. The lowest BCUT2D eigenvalue weighted by Crippen LogP contribution is -1.98. The van der Waals surface area contributed by atoms with Gasteiger partial charge in [0.25, 0.3) is 0 Å². The van der Waals surface area contributed by atoms with Crippen molar-refractivity contribution >= 4 is 50.1 Å². The van der Waals surface area contributed by atoms with Crippen molar-refractivity contribution in [3.63, 3.8) is 0 Å². The number of nitrogens with one attached hydrogen (secondary N) is 1. The lowest BCUT2D eigenvalue weighted by atomic mass is 10.2. The van der Waals surface area contributed by atoms with Crippen molar-refractivity contribution in [2.45, 2.75) is 14.7 Å². The first-order chi connectivity index (χ1) is 11.3. The summed E-state index contributed by atoms with van der Waals surface area (Å²) in [6, 6.07) is 11.6. The van der Waals surface area contributed by atoms with Crippen LogP contribution < -0.4 is 0 Å². The molecule has 0 saturated carbocycles. The number of benzene rings is 2. The van der Waals surface area contributed by atoms with Gasteiger partial charge in [-0.1, -0.05) is 41.6 Å². The van der Waals surface area contributed by atoms with Gasteiger partial charge in [0.15, 0.2) is 9.84 Å². The van der Waals surface area contributed by atoms with Crippen molar-refractivity contribution in [3.05, 3.63) is 53.2 Å². The van der Waals surface area contributed by atoms with Gasteiger partial charge >= 0.3 is 5.97 Å². The molecule has 8 heteroatoms. The SMILES string of the molecule is CS(=O)(=O)c1ccc2c(Sc3ccccc3Cl)c(C(=O)O)[nH]c2c1. The molecule has 5 nitrogen and oxygen atoms in total. The van der Waals surface area contributed by atoms with E-state index in [1.165, 1.54) is 23.9 Å². The fourth-order valence-corrected chi connectivity index (χ4v) is 4.23. The van der Waals surface area contributed by atoms with Gasteiger partial charge in [0.05, 0.1) is 14.8 Å². The number of H-pyrrole nitrogens is 1. The van der Waals surface area contributed by atoms with Gasteiger partial charge in [0, 0.05) is 22.1 Å². The van der Waals surface area contributed by atoms with E-state index in [4.69, 9.17) is 11.6 Å². The molecule has 1 aromatic heterocycles. The molecule has 24 heavy (non-hydrogen) atoms. The maximum absolute atomic E-state index is 11.7. The minimum Gasteiger partial charge on any atom is -0.477 e. The normalized spacial score (nSPS) is 11.8. The maximum atomic E-state index is 11.7. The zero-order valence-corrected chi connectivity index (χ0v) is 14.8. The molecule has 2 aromatic carbocycles. The van der Waals surface area contributed by atoms with Crippen LogP contribution in [0.5, 0.6) is 0 Å². The van der Waals surface area contributed by atoms with Crippen LogP contribution >= 0.6 is 23.4 Å². The van der Waals surface area contributed by atoms with E-state index in [-0.39, 0.29) is 10.6 Å². The highest BCUT2D eigenvalue weighted by molar-refractivity contribution is 7.99. The van der Waals surface area contributed by atoms with Crippen LogP contribution in [0.1, 0.15) is 10.5 Å². The van der Waals surface area contributed by atoms with E-state index in [0.717, 1.165) is 11.2 Å². The van der Waals surface area contributed by atoms with E-state index in [1.54, 1.807) is 24.3 Å². The Bertz CT molecular complexity index is 1060. The Morgan fingerprint density at radius 3 is 2.54 bits per heavy atom. The van der Waals surface area contributed by atoms with Crippen LogP contribution in [0.2, 0.25) is 5.02 Å². The van der Waals surface area contributed by atoms with Gasteiger partial charge in [-0.2, -0.15) is 0 Å². The van der Waals surface area contributed by atoms with Gasteiger partial charge in [-0.25, -0.2) is 13.2 Å². The third-order valence-electron chi connectivity index (χ3n) is 3.41. The Balaban J connectivity index is 2.20. The van der Waals surface area contributed by atoms with Crippen LogP contribution in [0, 0.1) is 0 Å². The molecular weight excluding hydrogens is 370 g/mol. The molecule has 0 saturated heterocycles. The highest BCUT2D eigenvalue weighted by atomic mass is 35.5. The topological polar surface area (TPSA) is 87.2 Å². The van der Waals surface area contributed by atoms with E-state index in [9.17, 15) is 18.3 Å². The number of hydrogen-bond acceptors (Lipinski definition) is 4. The highest BCUT2D eigenvalue weighted by Gasteiger charge is 2.20. The van der Waals surface area contributed by atoms with Gasteiger partial charge in [-0.3, -0.25) is 0 Å². The van der Waals surface area contributed by atoms with E-state index in [2.05, 4.69) is 4.98 Å². The summed E-state index contributed by atoms with van der Waals surface area (Å²) in [5.74, 6) is -1.12. The molecule has 0 aliphatic rings. The Morgan fingerprint density at radius 2 is 1.92 bits per heavy atom. The van der Waals surface area contributed by atoms with Crippen LogP contribution in [-0.2, 0) is 9.84 Å². The number of carboxylic acid groups (broad SMARTS) is 1. The summed E-state index contributed by atoms with van der Waals surface area (Å²) in [5, 5.41) is 10.6. The number of hydrogen-bond donors (Lipinski definition) is 2. The second kappa shape index (κ2) is 6.16. The van der Waals surface area contributed by atoms with Crippen molar-refractivity contribution in [2.24, 2.45) is 0 Å². The summed E-state index contributed by atoms with van der Waals surface area (Å²) in [4.78, 5) is 15.7. The van der Waals surface area contributed by atoms with Crippen LogP contribution in [0.3, 0.4) is 0 Å². The smallest absolute Gasteiger partial charge is 0.353 e. The van der Waals surface area contributed by atoms with Gasteiger partial charge in [-0.15, -0.1) is 0 Å². The van der Waals surface area contributed by atoms with Gasteiger partial charge in [0.2, 0.25) is 0 Å². The summed E-state index contributed by atoms with van der Waals surface area (Å²) >= 11 is 7.38. The molecule has 0 aliphatic carbocycles. The molecule has 1 heterocycles. The van der Waals surface area contributed by atoms with Crippen LogP contribution in [0.25, 0.3) is 10.9 Å². The molecular formula is C16H12ClNO4S2. The molecule has 3 rings (SSSR count). The lowest BCUT2D eigenvalue weighted by molar-refractivity contribution is 0.0687. The number of aromatic nitrogens is 1. The van der Waals surface area contributed by atoms with E-state index in [0.29, 0.717) is 20.8 Å². The molecule has 0 aliphatic heterocycles. The fourth-order valence-electron chi connectivity index (χ4n) is 2.28. The first-order valence-corrected chi connectivity index (χ1v) is 9.87. The molecule has 0 atom stereocenters. The number of sulfone groups is 1. The summed E-state index contributed by atoms with van der Waals surface area (Å²) in [6.45, 7) is 0. The van der Waals surface area contributed by atoms with Gasteiger partial charge in [-0.05, 0) is 24.3 Å². The minimum atomic E-state index is -3.38. The third-order valence-corrected chi connectivity index (χ3v) is 6.17. The Morgan fingerprint density at radius 1 is 1.21 bits per heavy atom. The first kappa shape index (κ1) is 16.9. The number of fused-ring (bicyclic) bond motifs is 1. The lowest BCUT2D eigenvalue weighted by Gasteiger charge is -2.04. The summed E-state index contributed by atoms with van der Waals surface area (Å²) < 4.78 is 23.4. The minimum absolute atomic E-state index is 0.000528. The van der Waals surface area contributed by atoms with E-state index < -0.39 is 15.8 Å². The summed E-state index contributed by atoms with van der Waals surface area (Å²) in [6.07, 6.45) is 1.11. The number of aromatic carboxylic acids is 1. The first-order valence-electron chi connectivity index (χ1n) is 6.79. The second-order valence-electron chi connectivity index (χ2n) is 5.15. The molecule has 0 fully saturated rings. The Hall–Kier alpha value is -1.96. The molecule has 0 unspecified atom stereocenters. The third kappa shape index (κ3) is 3.15. The number of aromatic amines is 1. The standard InChI is InChI=1S/C16H12ClNO4S2/c1-24(21,22)9-6-7-10-12(8-9)18-14(16(19)20)15(10)23-13-5-3-2-4-11(13)17/h2-8,18H,1H3,(H,19,20). The molecule has 124 valence electrons. The molecule has 0 bridgehead atoms. The molecule has 2 N–H and O–H groups in total. The summed E-state index contributed by atoms with van der Waals surface area (Å²) in [7, 11) is -3.38. The zero-order valence-electron chi connectivity index (χ0n) is 12.4. The van der Waals surface area contributed by atoms with E-state index in [1.807, 2.05) is 6.07 Å². The molecule has 0 spiro atoms. The average Bonchev–Trinajstić information content (AvgIpc) is 2.87. The number of carboxylic acids is 1. The van der Waals surface area contributed by atoms with Crippen molar-refractivity contribution in [2.75, 3.05) is 6.26 Å². The van der Waals surface area contributed by atoms with Gasteiger partial charge < -0.3 is 10.1 Å². The van der Waals surface area contributed by atoms with Gasteiger partial charge in [0.1, 0.15) is 5.69 Å². The van der Waals surface area contributed by atoms with Crippen molar-refractivity contribution in [1.29, 1.82) is 0 Å². The van der Waals surface area contributed by atoms with Crippen LogP contribution in [0.4, 0.5) is 0 Å². The number of carbonyl (C=O) groups is 1. The predicted octanol–water partition coefficient (Wildman–Crippen LogP) is 4.07. The Labute approximate surface area is 147 Å². The quantitative estimate of drug-likeness (QED) is 0.711. The second-order valence-corrected chi connectivity index (χ2v) is 8.62. The monoisotopic (exact) mass is 381 g/mol. The van der Waals surface area contributed by atoms with Crippen LogP contribution in [-0.4, -0.2) is 30.7 Å².